The van der Waals surface area contributed by atoms with Gasteiger partial charge in [-0.2, -0.15) is 0 Å². The van der Waals surface area contributed by atoms with E-state index >= 15 is 0 Å². The van der Waals surface area contributed by atoms with E-state index in [0.717, 1.165) is 36.6 Å². The Morgan fingerprint density at radius 2 is 2.25 bits per heavy atom. The van der Waals surface area contributed by atoms with E-state index < -0.39 is 0 Å². The zero-order chi connectivity index (χ0) is 14.2. The van der Waals surface area contributed by atoms with E-state index in [1.165, 1.54) is 0 Å². The third-order valence-corrected chi connectivity index (χ3v) is 2.81. The molecule has 0 atom stereocenters. The second kappa shape index (κ2) is 7.47. The highest BCUT2D eigenvalue weighted by molar-refractivity contribution is 5.77. The first-order valence-electron chi connectivity index (χ1n) is 6.86. The van der Waals surface area contributed by atoms with Crippen molar-refractivity contribution in [2.75, 3.05) is 26.5 Å². The maximum Gasteiger partial charge on any atom is 0.231 e. The number of nitrogens with one attached hydrogen (secondary N) is 1. The first-order chi connectivity index (χ1) is 9.79. The van der Waals surface area contributed by atoms with Crippen LogP contribution >= 0.6 is 0 Å². The molecule has 20 heavy (non-hydrogen) atoms. The van der Waals surface area contributed by atoms with Crippen LogP contribution in [0.3, 0.4) is 0 Å². The van der Waals surface area contributed by atoms with Gasteiger partial charge in [-0.25, -0.2) is 0 Å². The van der Waals surface area contributed by atoms with E-state index in [4.69, 9.17) is 19.9 Å². The Labute approximate surface area is 118 Å². The van der Waals surface area contributed by atoms with Crippen molar-refractivity contribution >= 4 is 5.96 Å². The minimum atomic E-state index is 0.269. The summed E-state index contributed by atoms with van der Waals surface area (Å²) in [5, 5.41) is 3.01. The highest BCUT2D eigenvalue weighted by Gasteiger charge is 2.13. The highest BCUT2D eigenvalue weighted by atomic mass is 16.7. The van der Waals surface area contributed by atoms with Crippen LogP contribution in [0.1, 0.15) is 19.8 Å². The molecule has 1 aromatic carbocycles. The quantitative estimate of drug-likeness (QED) is 0.449. The number of aliphatic imine (C=N–C) groups is 1. The van der Waals surface area contributed by atoms with Gasteiger partial charge in [0.05, 0.1) is 6.54 Å². The molecular weight excluding hydrogens is 258 g/mol. The lowest BCUT2D eigenvalue weighted by Crippen LogP contribution is -2.34. The van der Waals surface area contributed by atoms with Gasteiger partial charge < -0.3 is 25.3 Å². The van der Waals surface area contributed by atoms with Crippen molar-refractivity contribution in [1.82, 2.24) is 5.32 Å². The van der Waals surface area contributed by atoms with Crippen LogP contribution in [-0.2, 0) is 0 Å². The van der Waals surface area contributed by atoms with Crippen molar-refractivity contribution in [3.05, 3.63) is 18.2 Å². The Morgan fingerprint density at radius 1 is 1.40 bits per heavy atom. The van der Waals surface area contributed by atoms with Crippen molar-refractivity contribution in [3.63, 3.8) is 0 Å². The monoisotopic (exact) mass is 279 g/mol. The molecule has 1 aromatic rings. The topological polar surface area (TPSA) is 78.1 Å². The molecule has 0 radical (unpaired) electrons. The second-order valence-corrected chi connectivity index (χ2v) is 4.41. The maximum absolute atomic E-state index is 5.71. The number of benzene rings is 1. The van der Waals surface area contributed by atoms with Crippen LogP contribution in [0.4, 0.5) is 0 Å². The molecule has 6 heteroatoms. The minimum Gasteiger partial charge on any atom is -0.492 e. The molecule has 0 aliphatic carbocycles. The fraction of sp³-hybridized carbons (Fsp3) is 0.500. The average molecular weight is 279 g/mol. The van der Waals surface area contributed by atoms with E-state index in [1.807, 2.05) is 18.2 Å². The summed E-state index contributed by atoms with van der Waals surface area (Å²) in [5.74, 6) is 2.68. The normalized spacial score (nSPS) is 13.3. The third-order valence-electron chi connectivity index (χ3n) is 2.81. The van der Waals surface area contributed by atoms with Crippen LogP contribution in [-0.4, -0.2) is 32.4 Å². The largest absolute Gasteiger partial charge is 0.492 e. The van der Waals surface area contributed by atoms with E-state index in [-0.39, 0.29) is 6.79 Å². The van der Waals surface area contributed by atoms with Gasteiger partial charge >= 0.3 is 0 Å². The summed E-state index contributed by atoms with van der Waals surface area (Å²) in [6.45, 7) is 4.27. The molecular formula is C14H21N3O3. The molecule has 2 rings (SSSR count). The maximum atomic E-state index is 5.71. The summed E-state index contributed by atoms with van der Waals surface area (Å²) in [6, 6.07) is 5.51. The van der Waals surface area contributed by atoms with Gasteiger partial charge in [0, 0.05) is 12.6 Å². The van der Waals surface area contributed by atoms with Crippen LogP contribution in [0.5, 0.6) is 17.2 Å². The number of hydrogen-bond donors (Lipinski definition) is 2. The van der Waals surface area contributed by atoms with E-state index in [2.05, 4.69) is 17.2 Å². The molecule has 1 aliphatic heterocycles. The number of hydrogen-bond acceptors (Lipinski definition) is 4. The molecule has 0 fully saturated rings. The lowest BCUT2D eigenvalue weighted by molar-refractivity contribution is 0.173. The standard InChI is InChI=1S/C14H21N3O3/c1-2-3-6-16-14(15)17-7-8-18-11-4-5-12-13(9-11)20-10-19-12/h4-5,9H,2-3,6-8,10H2,1H3,(H3,15,16,17). The van der Waals surface area contributed by atoms with Gasteiger partial charge in [-0.15, -0.1) is 0 Å². The fourth-order valence-corrected chi connectivity index (χ4v) is 1.73. The Balaban J connectivity index is 1.67. The van der Waals surface area contributed by atoms with E-state index in [1.54, 1.807) is 0 Å². The van der Waals surface area contributed by atoms with Crippen LogP contribution in [0, 0.1) is 0 Å². The van der Waals surface area contributed by atoms with Crippen molar-refractivity contribution in [2.24, 2.45) is 10.7 Å². The zero-order valence-corrected chi connectivity index (χ0v) is 11.7. The predicted molar refractivity (Wildman–Crippen MR) is 77.5 cm³/mol. The Hall–Kier alpha value is -2.11. The van der Waals surface area contributed by atoms with E-state index in [0.29, 0.717) is 19.1 Å². The average Bonchev–Trinajstić information content (AvgIpc) is 2.91. The van der Waals surface area contributed by atoms with Crippen LogP contribution in [0.2, 0.25) is 0 Å². The van der Waals surface area contributed by atoms with Crippen LogP contribution in [0.25, 0.3) is 0 Å². The predicted octanol–water partition coefficient (Wildman–Crippen LogP) is 1.50. The second-order valence-electron chi connectivity index (χ2n) is 4.41. The summed E-state index contributed by atoms with van der Waals surface area (Å²) >= 11 is 0. The van der Waals surface area contributed by atoms with Gasteiger partial charge in [-0.05, 0) is 18.6 Å². The Bertz CT molecular complexity index is 463. The van der Waals surface area contributed by atoms with Crippen molar-refractivity contribution < 1.29 is 14.2 Å². The minimum absolute atomic E-state index is 0.269. The number of guanidine groups is 1. The number of nitrogens with zero attached hydrogens (tertiary/aromatic N) is 1. The van der Waals surface area contributed by atoms with E-state index in [9.17, 15) is 0 Å². The van der Waals surface area contributed by atoms with Gasteiger partial charge in [0.25, 0.3) is 0 Å². The Kier molecular flexibility index (Phi) is 5.34. The Morgan fingerprint density at radius 3 is 3.10 bits per heavy atom. The molecule has 0 unspecified atom stereocenters. The van der Waals surface area contributed by atoms with Gasteiger partial charge in [0.15, 0.2) is 17.5 Å². The lowest BCUT2D eigenvalue weighted by Gasteiger charge is -2.08. The molecule has 0 amide bonds. The molecule has 3 N–H and O–H groups in total. The number of unbranched alkanes of at least 4 members (excludes halogenated alkanes) is 1. The van der Waals surface area contributed by atoms with Crippen molar-refractivity contribution in [1.29, 1.82) is 0 Å². The molecule has 6 nitrogen and oxygen atoms in total. The third kappa shape index (κ3) is 4.22. The van der Waals surface area contributed by atoms with Crippen LogP contribution in [0.15, 0.2) is 23.2 Å². The van der Waals surface area contributed by atoms with Gasteiger partial charge in [-0.3, -0.25) is 4.99 Å². The van der Waals surface area contributed by atoms with Gasteiger partial charge in [-0.1, -0.05) is 13.3 Å². The smallest absolute Gasteiger partial charge is 0.231 e. The fourth-order valence-electron chi connectivity index (χ4n) is 1.73. The highest BCUT2D eigenvalue weighted by Crippen LogP contribution is 2.34. The summed E-state index contributed by atoms with van der Waals surface area (Å²) < 4.78 is 16.1. The summed E-state index contributed by atoms with van der Waals surface area (Å²) in [6.07, 6.45) is 2.17. The number of rotatable bonds is 7. The molecule has 0 saturated heterocycles. The number of fused-ring (bicyclic) bond motifs is 1. The first-order valence-corrected chi connectivity index (χ1v) is 6.86. The lowest BCUT2D eigenvalue weighted by atomic mass is 10.3. The molecule has 0 aromatic heterocycles. The first kappa shape index (κ1) is 14.3. The molecule has 0 bridgehead atoms. The number of ether oxygens (including phenoxy) is 3. The molecule has 0 saturated carbocycles. The molecule has 110 valence electrons. The molecule has 1 heterocycles. The van der Waals surface area contributed by atoms with Gasteiger partial charge in [0.2, 0.25) is 6.79 Å². The summed E-state index contributed by atoms with van der Waals surface area (Å²) in [7, 11) is 0. The van der Waals surface area contributed by atoms with Crippen molar-refractivity contribution in [3.8, 4) is 17.2 Å². The molecule has 0 spiro atoms. The summed E-state index contributed by atoms with van der Waals surface area (Å²) in [5.41, 5.74) is 5.71. The van der Waals surface area contributed by atoms with Crippen LogP contribution < -0.4 is 25.3 Å². The molecule has 1 aliphatic rings. The summed E-state index contributed by atoms with van der Waals surface area (Å²) in [4.78, 5) is 4.20. The SMILES string of the molecule is CCCCN=C(N)NCCOc1ccc2c(c1)OCO2. The zero-order valence-electron chi connectivity index (χ0n) is 11.7. The van der Waals surface area contributed by atoms with Crippen molar-refractivity contribution in [2.45, 2.75) is 19.8 Å². The number of nitrogens with two attached hydrogens (primary N) is 1. The van der Waals surface area contributed by atoms with Gasteiger partial charge in [0.1, 0.15) is 12.4 Å².